The third kappa shape index (κ3) is 4.87. The van der Waals surface area contributed by atoms with E-state index in [0.29, 0.717) is 17.2 Å². The minimum atomic E-state index is -0.595. The molecule has 0 aromatic heterocycles. The maximum absolute atomic E-state index is 12.0. The summed E-state index contributed by atoms with van der Waals surface area (Å²) < 4.78 is 15.5. The zero-order valence-electron chi connectivity index (χ0n) is 15.9. The monoisotopic (exact) mass is 394 g/mol. The molecule has 0 spiro atoms. The normalized spacial score (nSPS) is 15.0. The first kappa shape index (κ1) is 18.9. The molecule has 1 N–H and O–H groups in total. The molecule has 0 aliphatic carbocycles. The van der Waals surface area contributed by atoms with Gasteiger partial charge in [-0.05, 0) is 60.9 Å². The van der Waals surface area contributed by atoms with E-state index in [9.17, 15) is 9.59 Å². The van der Waals surface area contributed by atoms with Crippen LogP contribution in [0.25, 0.3) is 6.08 Å². The molecule has 0 unspecified atom stereocenters. The van der Waals surface area contributed by atoms with Crippen LogP contribution in [0.2, 0.25) is 0 Å². The molecule has 0 bridgehead atoms. The second-order valence-electron chi connectivity index (χ2n) is 6.84. The van der Waals surface area contributed by atoms with Crippen molar-refractivity contribution in [3.05, 3.63) is 54.1 Å². The van der Waals surface area contributed by atoms with Crippen LogP contribution in [-0.2, 0) is 14.3 Å². The summed E-state index contributed by atoms with van der Waals surface area (Å²) in [5, 5.41) is 2.73. The van der Waals surface area contributed by atoms with Crippen molar-refractivity contribution in [1.29, 1.82) is 0 Å². The number of anilines is 2. The van der Waals surface area contributed by atoms with Crippen molar-refractivity contribution in [3.63, 3.8) is 0 Å². The van der Waals surface area contributed by atoms with Crippen molar-refractivity contribution in [1.82, 2.24) is 0 Å². The number of hydrogen-bond donors (Lipinski definition) is 1. The second-order valence-corrected chi connectivity index (χ2v) is 6.84. The summed E-state index contributed by atoms with van der Waals surface area (Å²) in [5.74, 6) is 0.330. The summed E-state index contributed by atoms with van der Waals surface area (Å²) in [5.41, 5.74) is 2.60. The highest BCUT2D eigenvalue weighted by atomic mass is 16.7. The van der Waals surface area contributed by atoms with Crippen LogP contribution in [0, 0.1) is 0 Å². The fraction of sp³-hybridized carbons (Fsp3) is 0.273. The predicted octanol–water partition coefficient (Wildman–Crippen LogP) is 3.21. The maximum atomic E-state index is 12.0. The van der Waals surface area contributed by atoms with E-state index in [1.165, 1.54) is 18.9 Å². The first-order valence-corrected chi connectivity index (χ1v) is 9.57. The lowest BCUT2D eigenvalue weighted by molar-refractivity contribution is -0.142. The van der Waals surface area contributed by atoms with Gasteiger partial charge >= 0.3 is 5.97 Å². The van der Waals surface area contributed by atoms with Crippen LogP contribution in [-0.4, -0.2) is 38.4 Å². The average Bonchev–Trinajstić information content (AvgIpc) is 3.43. The van der Waals surface area contributed by atoms with Crippen molar-refractivity contribution < 1.29 is 23.8 Å². The number of amides is 1. The Bertz CT molecular complexity index is 917. The summed E-state index contributed by atoms with van der Waals surface area (Å²) in [6.07, 6.45) is 5.30. The van der Waals surface area contributed by atoms with Crippen molar-refractivity contribution in [2.75, 3.05) is 36.7 Å². The smallest absolute Gasteiger partial charge is 0.331 e. The van der Waals surface area contributed by atoms with E-state index < -0.39 is 5.97 Å². The maximum Gasteiger partial charge on any atom is 0.331 e. The van der Waals surface area contributed by atoms with Gasteiger partial charge in [0.05, 0.1) is 0 Å². The van der Waals surface area contributed by atoms with Gasteiger partial charge in [-0.25, -0.2) is 4.79 Å². The quantitative estimate of drug-likeness (QED) is 0.599. The summed E-state index contributed by atoms with van der Waals surface area (Å²) in [7, 11) is 0. The average molecular weight is 394 g/mol. The van der Waals surface area contributed by atoms with Crippen LogP contribution in [0.1, 0.15) is 18.4 Å². The van der Waals surface area contributed by atoms with Crippen molar-refractivity contribution >= 4 is 29.3 Å². The molecule has 1 fully saturated rings. The molecule has 2 aromatic carbocycles. The van der Waals surface area contributed by atoms with E-state index in [-0.39, 0.29) is 19.3 Å². The van der Waals surface area contributed by atoms with Crippen LogP contribution in [0.4, 0.5) is 11.4 Å². The van der Waals surface area contributed by atoms with E-state index in [2.05, 4.69) is 10.2 Å². The molecule has 7 nitrogen and oxygen atoms in total. The Morgan fingerprint density at radius 3 is 2.59 bits per heavy atom. The molecule has 2 aliphatic heterocycles. The molecular formula is C22H22N2O5. The molecule has 4 rings (SSSR count). The molecular weight excluding hydrogens is 372 g/mol. The zero-order chi connectivity index (χ0) is 20.1. The van der Waals surface area contributed by atoms with Gasteiger partial charge in [0.15, 0.2) is 18.1 Å². The van der Waals surface area contributed by atoms with Crippen LogP contribution < -0.4 is 19.7 Å². The van der Waals surface area contributed by atoms with E-state index in [4.69, 9.17) is 14.2 Å². The second kappa shape index (κ2) is 8.68. The molecule has 150 valence electrons. The van der Waals surface area contributed by atoms with Crippen LogP contribution in [0.3, 0.4) is 0 Å². The van der Waals surface area contributed by atoms with Gasteiger partial charge in [-0.1, -0.05) is 6.07 Å². The summed E-state index contributed by atoms with van der Waals surface area (Å²) >= 11 is 0. The molecule has 7 heteroatoms. The van der Waals surface area contributed by atoms with Crippen molar-refractivity contribution in [3.8, 4) is 11.5 Å². The summed E-state index contributed by atoms with van der Waals surface area (Å²) in [4.78, 5) is 26.2. The number of ether oxygens (including phenoxy) is 3. The van der Waals surface area contributed by atoms with Crippen LogP contribution in [0.5, 0.6) is 11.5 Å². The third-order valence-electron chi connectivity index (χ3n) is 4.78. The Morgan fingerprint density at radius 2 is 1.79 bits per heavy atom. The Hall–Kier alpha value is -3.48. The van der Waals surface area contributed by atoms with Gasteiger partial charge in [-0.2, -0.15) is 0 Å². The minimum Gasteiger partial charge on any atom is -0.454 e. The summed E-state index contributed by atoms with van der Waals surface area (Å²) in [6, 6.07) is 13.0. The number of nitrogens with zero attached hydrogens (tertiary/aromatic N) is 1. The standard InChI is InChI=1S/C22H22N2O5/c25-21(23-17-5-7-18(8-6-17)24-11-1-2-12-24)14-27-22(26)10-4-16-3-9-19-20(13-16)29-15-28-19/h3-10,13H,1-2,11-12,14-15H2,(H,23,25)/b10-4+. The lowest BCUT2D eigenvalue weighted by Gasteiger charge is -2.17. The Labute approximate surface area is 168 Å². The van der Waals surface area contributed by atoms with Crippen molar-refractivity contribution in [2.45, 2.75) is 12.8 Å². The highest BCUT2D eigenvalue weighted by molar-refractivity contribution is 5.94. The fourth-order valence-electron chi connectivity index (χ4n) is 3.29. The Kier molecular flexibility index (Phi) is 5.65. The molecule has 0 atom stereocenters. The fourth-order valence-corrected chi connectivity index (χ4v) is 3.29. The van der Waals surface area contributed by atoms with Gasteiger partial charge in [0.25, 0.3) is 5.91 Å². The van der Waals surface area contributed by atoms with Crippen LogP contribution in [0.15, 0.2) is 48.5 Å². The SMILES string of the molecule is O=C(COC(=O)/C=C/c1ccc2c(c1)OCO2)Nc1ccc(N2CCCC2)cc1. The largest absolute Gasteiger partial charge is 0.454 e. The third-order valence-corrected chi connectivity index (χ3v) is 4.78. The first-order valence-electron chi connectivity index (χ1n) is 9.57. The number of nitrogens with one attached hydrogen (secondary N) is 1. The van der Waals surface area contributed by atoms with Gasteiger partial charge in [0, 0.05) is 30.5 Å². The molecule has 1 saturated heterocycles. The topological polar surface area (TPSA) is 77.1 Å². The number of benzene rings is 2. The van der Waals surface area contributed by atoms with Gasteiger partial charge in [0.2, 0.25) is 6.79 Å². The number of carbonyl (C=O) groups excluding carboxylic acids is 2. The molecule has 0 saturated carbocycles. The Morgan fingerprint density at radius 1 is 1.03 bits per heavy atom. The van der Waals surface area contributed by atoms with Gasteiger partial charge < -0.3 is 24.4 Å². The predicted molar refractivity (Wildman–Crippen MR) is 109 cm³/mol. The number of carbonyl (C=O) groups is 2. The number of fused-ring (bicyclic) bond motifs is 1. The highest BCUT2D eigenvalue weighted by Crippen LogP contribution is 2.32. The molecule has 0 radical (unpaired) electrons. The lowest BCUT2D eigenvalue weighted by Crippen LogP contribution is -2.20. The van der Waals surface area contributed by atoms with Crippen LogP contribution >= 0.6 is 0 Å². The minimum absolute atomic E-state index is 0.195. The van der Waals surface area contributed by atoms with E-state index in [1.54, 1.807) is 24.3 Å². The zero-order valence-corrected chi connectivity index (χ0v) is 15.9. The molecule has 1 amide bonds. The van der Waals surface area contributed by atoms with E-state index in [1.807, 2.05) is 24.3 Å². The molecule has 29 heavy (non-hydrogen) atoms. The van der Waals surface area contributed by atoms with Gasteiger partial charge in [0.1, 0.15) is 0 Å². The van der Waals surface area contributed by atoms with Gasteiger partial charge in [-0.3, -0.25) is 4.79 Å². The number of hydrogen-bond acceptors (Lipinski definition) is 6. The van der Waals surface area contributed by atoms with Crippen molar-refractivity contribution in [2.24, 2.45) is 0 Å². The highest BCUT2D eigenvalue weighted by Gasteiger charge is 2.13. The Balaban J connectivity index is 1.23. The van der Waals surface area contributed by atoms with Gasteiger partial charge in [-0.15, -0.1) is 0 Å². The van der Waals surface area contributed by atoms with E-state index in [0.717, 1.165) is 24.3 Å². The molecule has 2 heterocycles. The van der Waals surface area contributed by atoms with E-state index >= 15 is 0 Å². The first-order chi connectivity index (χ1) is 14.2. The number of esters is 1. The molecule has 2 aromatic rings. The summed E-state index contributed by atoms with van der Waals surface area (Å²) in [6.45, 7) is 1.99. The lowest BCUT2D eigenvalue weighted by atomic mass is 10.2. The number of rotatable bonds is 6. The molecule has 2 aliphatic rings.